The van der Waals surface area contributed by atoms with Crippen molar-refractivity contribution in [1.29, 1.82) is 0 Å². The molecule has 0 amide bonds. The van der Waals surface area contributed by atoms with Crippen molar-refractivity contribution in [2.75, 3.05) is 26.7 Å². The molecule has 4 rings (SSSR count). The number of alkyl halides is 3. The average Bonchev–Trinajstić information content (AvgIpc) is 2.76. The van der Waals surface area contributed by atoms with Crippen LogP contribution in [-0.2, 0) is 6.54 Å². The molecule has 0 radical (unpaired) electrons. The lowest BCUT2D eigenvalue weighted by atomic mass is 9.96. The number of piperazine rings is 1. The van der Waals surface area contributed by atoms with Gasteiger partial charge in [0, 0.05) is 37.8 Å². The van der Waals surface area contributed by atoms with Crippen LogP contribution in [-0.4, -0.2) is 48.0 Å². The first-order chi connectivity index (χ1) is 15.7. The number of likely N-dealkylation sites (N-methyl/N-ethyl adjacent to an activating group) is 1. The van der Waals surface area contributed by atoms with Gasteiger partial charge in [-0.3, -0.25) is 4.90 Å². The van der Waals surface area contributed by atoms with E-state index in [4.69, 9.17) is 0 Å². The van der Waals surface area contributed by atoms with E-state index in [-0.39, 0.29) is 28.9 Å². The van der Waals surface area contributed by atoms with Gasteiger partial charge in [-0.1, -0.05) is 36.4 Å². The summed E-state index contributed by atoms with van der Waals surface area (Å²) in [6, 6.07) is 17.1. The Hall–Kier alpha value is -3.10. The molecule has 0 aromatic heterocycles. The second kappa shape index (κ2) is 9.41. The molecule has 3 aromatic carbocycles. The van der Waals surface area contributed by atoms with Crippen molar-refractivity contribution >= 4 is 0 Å². The van der Waals surface area contributed by atoms with Crippen LogP contribution in [0.5, 0.6) is 11.5 Å². The zero-order chi connectivity index (χ0) is 23.6. The van der Waals surface area contributed by atoms with Crippen LogP contribution >= 0.6 is 0 Å². The quantitative estimate of drug-likeness (QED) is 0.504. The van der Waals surface area contributed by atoms with Crippen LogP contribution in [0, 0.1) is 5.82 Å². The largest absolute Gasteiger partial charge is 0.573 e. The van der Waals surface area contributed by atoms with Crippen molar-refractivity contribution in [3.05, 3.63) is 83.7 Å². The summed E-state index contributed by atoms with van der Waals surface area (Å²) in [5, 5.41) is 9.97. The summed E-state index contributed by atoms with van der Waals surface area (Å²) in [6.45, 7) is 2.77. The van der Waals surface area contributed by atoms with Crippen molar-refractivity contribution in [1.82, 2.24) is 9.80 Å². The van der Waals surface area contributed by atoms with E-state index in [9.17, 15) is 22.7 Å². The Morgan fingerprint density at radius 2 is 1.70 bits per heavy atom. The van der Waals surface area contributed by atoms with Crippen LogP contribution in [0.25, 0.3) is 11.1 Å². The van der Waals surface area contributed by atoms with E-state index < -0.39 is 6.36 Å². The third-order valence-corrected chi connectivity index (χ3v) is 5.82. The highest BCUT2D eigenvalue weighted by molar-refractivity contribution is 5.74. The Morgan fingerprint density at radius 1 is 0.970 bits per heavy atom. The van der Waals surface area contributed by atoms with Crippen LogP contribution in [0.15, 0.2) is 66.7 Å². The van der Waals surface area contributed by atoms with Gasteiger partial charge in [-0.05, 0) is 54.1 Å². The number of phenolic OH excluding ortho intramolecular Hbond substituents is 1. The summed E-state index contributed by atoms with van der Waals surface area (Å²) >= 11 is 0. The number of nitrogens with zero attached hydrogens (tertiary/aromatic N) is 2. The van der Waals surface area contributed by atoms with E-state index >= 15 is 0 Å². The SMILES string of the molecule is CN1CCN(Cc2ccccc2-c2cc(O)ccc2OC(F)(F)F)[C@@H](c2ccc(F)cc2)C1. The molecular formula is C25H24F4N2O2. The molecule has 1 atom stereocenters. The molecule has 4 nitrogen and oxygen atoms in total. The number of ether oxygens (including phenoxy) is 1. The molecule has 0 aliphatic carbocycles. The Kier molecular flexibility index (Phi) is 6.58. The molecule has 3 aromatic rings. The number of halogens is 4. The fourth-order valence-electron chi connectivity index (χ4n) is 4.23. The number of aromatic hydroxyl groups is 1. The molecule has 1 saturated heterocycles. The van der Waals surface area contributed by atoms with E-state index in [0.717, 1.165) is 42.9 Å². The van der Waals surface area contributed by atoms with Gasteiger partial charge in [-0.2, -0.15) is 0 Å². The van der Waals surface area contributed by atoms with Crippen molar-refractivity contribution in [2.24, 2.45) is 0 Å². The Labute approximate surface area is 189 Å². The highest BCUT2D eigenvalue weighted by Gasteiger charge is 2.33. The van der Waals surface area contributed by atoms with Gasteiger partial charge in [0.15, 0.2) is 0 Å². The van der Waals surface area contributed by atoms with Crippen LogP contribution in [0.3, 0.4) is 0 Å². The average molecular weight is 460 g/mol. The lowest BCUT2D eigenvalue weighted by Crippen LogP contribution is -2.46. The predicted octanol–water partition coefficient (Wildman–Crippen LogP) is 5.59. The van der Waals surface area contributed by atoms with E-state index in [0.29, 0.717) is 12.1 Å². The highest BCUT2D eigenvalue weighted by Crippen LogP contribution is 2.39. The lowest BCUT2D eigenvalue weighted by Gasteiger charge is -2.40. The number of benzene rings is 3. The van der Waals surface area contributed by atoms with Gasteiger partial charge in [0.05, 0.1) is 0 Å². The van der Waals surface area contributed by atoms with Crippen molar-refractivity contribution in [2.45, 2.75) is 18.9 Å². The molecule has 1 heterocycles. The first-order valence-electron chi connectivity index (χ1n) is 10.5. The highest BCUT2D eigenvalue weighted by atomic mass is 19.4. The third-order valence-electron chi connectivity index (χ3n) is 5.82. The van der Waals surface area contributed by atoms with E-state index in [2.05, 4.69) is 14.5 Å². The second-order valence-electron chi connectivity index (χ2n) is 8.19. The molecule has 1 fully saturated rings. The Morgan fingerprint density at radius 3 is 2.42 bits per heavy atom. The molecule has 8 heteroatoms. The van der Waals surface area contributed by atoms with Gasteiger partial charge in [0.25, 0.3) is 0 Å². The van der Waals surface area contributed by atoms with Crippen molar-refractivity contribution in [3.8, 4) is 22.6 Å². The molecule has 1 N–H and O–H groups in total. The summed E-state index contributed by atoms with van der Waals surface area (Å²) in [6.07, 6.45) is -4.86. The van der Waals surface area contributed by atoms with Crippen LogP contribution in [0.1, 0.15) is 17.2 Å². The Balaban J connectivity index is 1.69. The molecule has 1 aliphatic heterocycles. The van der Waals surface area contributed by atoms with Gasteiger partial charge in [0.1, 0.15) is 17.3 Å². The molecule has 0 spiro atoms. The summed E-state index contributed by atoms with van der Waals surface area (Å²) in [4.78, 5) is 4.43. The van der Waals surface area contributed by atoms with Gasteiger partial charge in [-0.25, -0.2) is 4.39 Å². The molecule has 1 aliphatic rings. The van der Waals surface area contributed by atoms with Gasteiger partial charge >= 0.3 is 6.36 Å². The number of rotatable bonds is 5. The lowest BCUT2D eigenvalue weighted by molar-refractivity contribution is -0.274. The molecule has 0 bridgehead atoms. The maximum atomic E-state index is 13.5. The maximum absolute atomic E-state index is 13.5. The maximum Gasteiger partial charge on any atom is 0.573 e. The molecule has 0 saturated carbocycles. The first kappa shape index (κ1) is 23.1. The fourth-order valence-corrected chi connectivity index (χ4v) is 4.23. The standard InChI is InChI=1S/C25H24F4N2O2/c1-30-12-13-31(23(16-30)17-6-8-19(26)9-7-17)15-18-4-2-3-5-21(18)22-14-20(32)10-11-24(22)33-25(27,28)29/h2-11,14,23,32H,12-13,15-16H2,1H3/t23-/m1/s1. The van der Waals surface area contributed by atoms with Crippen LogP contribution < -0.4 is 4.74 Å². The zero-order valence-corrected chi connectivity index (χ0v) is 18.0. The van der Waals surface area contributed by atoms with Crippen LogP contribution in [0.4, 0.5) is 17.6 Å². The summed E-state index contributed by atoms with van der Waals surface area (Å²) in [7, 11) is 2.02. The molecule has 33 heavy (non-hydrogen) atoms. The van der Waals surface area contributed by atoms with E-state index in [1.165, 1.54) is 18.2 Å². The number of hydrogen-bond acceptors (Lipinski definition) is 4. The fraction of sp³-hybridized carbons (Fsp3) is 0.280. The topological polar surface area (TPSA) is 35.9 Å². The van der Waals surface area contributed by atoms with Gasteiger partial charge in [-0.15, -0.1) is 13.2 Å². The molecule has 174 valence electrons. The second-order valence-corrected chi connectivity index (χ2v) is 8.19. The van der Waals surface area contributed by atoms with Gasteiger partial charge in [0.2, 0.25) is 0 Å². The number of phenols is 1. The predicted molar refractivity (Wildman–Crippen MR) is 117 cm³/mol. The summed E-state index contributed by atoms with van der Waals surface area (Å²) in [5.74, 6) is -0.833. The minimum Gasteiger partial charge on any atom is -0.508 e. The molecular weight excluding hydrogens is 436 g/mol. The first-order valence-corrected chi connectivity index (χ1v) is 10.5. The monoisotopic (exact) mass is 460 g/mol. The van der Waals surface area contributed by atoms with E-state index in [1.807, 2.05) is 19.2 Å². The normalized spacial score (nSPS) is 17.8. The minimum absolute atomic E-state index is 0.00696. The zero-order valence-electron chi connectivity index (χ0n) is 18.0. The van der Waals surface area contributed by atoms with Gasteiger partial charge < -0.3 is 14.7 Å². The Bertz CT molecular complexity index is 1100. The smallest absolute Gasteiger partial charge is 0.508 e. The summed E-state index contributed by atoms with van der Waals surface area (Å²) < 4.78 is 56.7. The number of hydrogen-bond donors (Lipinski definition) is 1. The van der Waals surface area contributed by atoms with E-state index in [1.54, 1.807) is 24.3 Å². The minimum atomic E-state index is -4.86. The molecule has 0 unspecified atom stereocenters. The van der Waals surface area contributed by atoms with Crippen LogP contribution in [0.2, 0.25) is 0 Å². The van der Waals surface area contributed by atoms with Crippen molar-refractivity contribution in [3.63, 3.8) is 0 Å². The third kappa shape index (κ3) is 5.64. The van der Waals surface area contributed by atoms with Crippen molar-refractivity contribution < 1.29 is 27.4 Å². The summed E-state index contributed by atoms with van der Waals surface area (Å²) in [5.41, 5.74) is 2.48.